The van der Waals surface area contributed by atoms with Crippen LogP contribution in [0, 0.1) is 0 Å². The molecule has 18 heavy (non-hydrogen) atoms. The van der Waals surface area contributed by atoms with E-state index in [0.717, 1.165) is 31.0 Å². The van der Waals surface area contributed by atoms with Crippen LogP contribution in [0.15, 0.2) is 18.2 Å². The Bertz CT molecular complexity index is 345. The van der Waals surface area contributed by atoms with Crippen LogP contribution < -0.4 is 5.32 Å². The smallest absolute Gasteiger partial charge is 0.0887 e. The molecule has 1 heterocycles. The third-order valence-corrected chi connectivity index (χ3v) is 2.56. The number of ether oxygens (including phenoxy) is 1. The number of nitrogens with one attached hydrogen (secondary N) is 1. The van der Waals surface area contributed by atoms with Crippen molar-refractivity contribution in [2.75, 3.05) is 6.61 Å². The van der Waals surface area contributed by atoms with Gasteiger partial charge in [0.25, 0.3) is 0 Å². The highest BCUT2D eigenvalue weighted by molar-refractivity contribution is 5.10. The third kappa shape index (κ3) is 6.72. The van der Waals surface area contributed by atoms with Crippen molar-refractivity contribution in [1.29, 1.82) is 0 Å². The third-order valence-electron chi connectivity index (χ3n) is 2.56. The number of aromatic nitrogens is 1. The van der Waals surface area contributed by atoms with Gasteiger partial charge in [0, 0.05) is 18.7 Å². The highest BCUT2D eigenvalue weighted by atomic mass is 16.5. The van der Waals surface area contributed by atoms with E-state index in [-0.39, 0.29) is 5.54 Å². The predicted octanol–water partition coefficient (Wildman–Crippen LogP) is 3.29. The Morgan fingerprint density at radius 1 is 1.22 bits per heavy atom. The summed E-state index contributed by atoms with van der Waals surface area (Å²) >= 11 is 0. The number of nitrogens with zero attached hydrogens (tertiary/aromatic N) is 1. The molecule has 0 unspecified atom stereocenters. The molecule has 0 saturated heterocycles. The Labute approximate surface area is 111 Å². The number of hydrogen-bond donors (Lipinski definition) is 1. The second kappa shape index (κ2) is 7.49. The van der Waals surface area contributed by atoms with Crippen LogP contribution in [0.1, 0.15) is 51.9 Å². The predicted molar refractivity (Wildman–Crippen MR) is 75.4 cm³/mol. The van der Waals surface area contributed by atoms with Gasteiger partial charge >= 0.3 is 0 Å². The van der Waals surface area contributed by atoms with E-state index in [9.17, 15) is 0 Å². The molecule has 0 saturated carbocycles. The fraction of sp³-hybridized carbons (Fsp3) is 0.667. The average molecular weight is 250 g/mol. The van der Waals surface area contributed by atoms with Gasteiger partial charge in [0.2, 0.25) is 0 Å². The molecule has 0 atom stereocenters. The zero-order valence-corrected chi connectivity index (χ0v) is 12.1. The second-order valence-electron chi connectivity index (χ2n) is 5.63. The summed E-state index contributed by atoms with van der Waals surface area (Å²) in [6, 6.07) is 6.12. The van der Waals surface area contributed by atoms with Crippen molar-refractivity contribution < 1.29 is 4.74 Å². The molecule has 1 aromatic rings. The minimum Gasteiger partial charge on any atom is -0.375 e. The Morgan fingerprint density at radius 2 is 1.94 bits per heavy atom. The van der Waals surface area contributed by atoms with Gasteiger partial charge in [-0.05, 0) is 39.3 Å². The molecule has 0 fully saturated rings. The normalized spacial score (nSPS) is 11.8. The summed E-state index contributed by atoms with van der Waals surface area (Å²) in [6.45, 7) is 10.9. The molecule has 0 aliphatic heterocycles. The minimum absolute atomic E-state index is 0.120. The average Bonchev–Trinajstić information content (AvgIpc) is 2.32. The van der Waals surface area contributed by atoms with Crippen molar-refractivity contribution >= 4 is 0 Å². The summed E-state index contributed by atoms with van der Waals surface area (Å²) in [6.07, 6.45) is 2.29. The van der Waals surface area contributed by atoms with Gasteiger partial charge in [0.1, 0.15) is 0 Å². The maximum absolute atomic E-state index is 5.58. The summed E-state index contributed by atoms with van der Waals surface area (Å²) in [7, 11) is 0. The lowest BCUT2D eigenvalue weighted by Gasteiger charge is -2.20. The van der Waals surface area contributed by atoms with Crippen LogP contribution in [0.5, 0.6) is 0 Å². The van der Waals surface area contributed by atoms with Gasteiger partial charge in [0.05, 0.1) is 18.0 Å². The van der Waals surface area contributed by atoms with E-state index in [0.29, 0.717) is 6.61 Å². The van der Waals surface area contributed by atoms with Gasteiger partial charge in [-0.1, -0.05) is 19.4 Å². The second-order valence-corrected chi connectivity index (χ2v) is 5.63. The first-order valence-corrected chi connectivity index (χ1v) is 6.79. The van der Waals surface area contributed by atoms with E-state index >= 15 is 0 Å². The first kappa shape index (κ1) is 15.1. The zero-order chi connectivity index (χ0) is 13.4. The number of pyridine rings is 1. The first-order chi connectivity index (χ1) is 8.51. The van der Waals surface area contributed by atoms with Gasteiger partial charge < -0.3 is 10.1 Å². The molecule has 0 radical (unpaired) electrons. The van der Waals surface area contributed by atoms with Crippen molar-refractivity contribution in [2.45, 2.75) is 59.2 Å². The summed E-state index contributed by atoms with van der Waals surface area (Å²) in [4.78, 5) is 4.59. The maximum Gasteiger partial charge on any atom is 0.0887 e. The maximum atomic E-state index is 5.58. The summed E-state index contributed by atoms with van der Waals surface area (Å²) in [5, 5.41) is 3.44. The van der Waals surface area contributed by atoms with Gasteiger partial charge in [-0.2, -0.15) is 0 Å². The minimum atomic E-state index is 0.120. The van der Waals surface area contributed by atoms with Crippen LogP contribution in [0.25, 0.3) is 0 Å². The van der Waals surface area contributed by atoms with E-state index in [1.165, 1.54) is 6.42 Å². The molecule has 0 aliphatic rings. The Balaban J connectivity index is 2.41. The molecule has 3 nitrogen and oxygen atoms in total. The Morgan fingerprint density at radius 3 is 2.61 bits per heavy atom. The van der Waals surface area contributed by atoms with Gasteiger partial charge in [-0.15, -0.1) is 0 Å². The molecule has 0 spiro atoms. The molecule has 1 aromatic heterocycles. The fourth-order valence-electron chi connectivity index (χ4n) is 1.49. The molecule has 3 heteroatoms. The van der Waals surface area contributed by atoms with Crippen LogP contribution in [0.2, 0.25) is 0 Å². The van der Waals surface area contributed by atoms with E-state index < -0.39 is 0 Å². The van der Waals surface area contributed by atoms with Crippen molar-refractivity contribution in [3.8, 4) is 0 Å². The molecular formula is C15H26N2O. The molecule has 1 rings (SSSR count). The van der Waals surface area contributed by atoms with Crippen LogP contribution >= 0.6 is 0 Å². The SMILES string of the molecule is CCCCOCc1cccc(CNC(C)(C)C)n1. The molecule has 102 valence electrons. The summed E-state index contributed by atoms with van der Waals surface area (Å²) < 4.78 is 5.58. The lowest BCUT2D eigenvalue weighted by atomic mass is 10.1. The van der Waals surface area contributed by atoms with Crippen molar-refractivity contribution in [3.05, 3.63) is 29.6 Å². The fourth-order valence-corrected chi connectivity index (χ4v) is 1.49. The zero-order valence-electron chi connectivity index (χ0n) is 12.1. The Kier molecular flexibility index (Phi) is 6.30. The monoisotopic (exact) mass is 250 g/mol. The van der Waals surface area contributed by atoms with E-state index in [4.69, 9.17) is 4.74 Å². The molecule has 0 amide bonds. The highest BCUT2D eigenvalue weighted by Gasteiger charge is 2.08. The van der Waals surface area contributed by atoms with E-state index in [2.05, 4.69) is 38.0 Å². The summed E-state index contributed by atoms with van der Waals surface area (Å²) in [5.74, 6) is 0. The standard InChI is InChI=1S/C15H26N2O/c1-5-6-10-18-12-14-9-7-8-13(17-14)11-16-15(2,3)4/h7-9,16H,5-6,10-12H2,1-4H3. The van der Waals surface area contributed by atoms with Crippen LogP contribution in [-0.2, 0) is 17.9 Å². The van der Waals surface area contributed by atoms with Crippen molar-refractivity contribution in [2.24, 2.45) is 0 Å². The lowest BCUT2D eigenvalue weighted by Crippen LogP contribution is -2.35. The van der Waals surface area contributed by atoms with E-state index in [1.807, 2.05) is 18.2 Å². The van der Waals surface area contributed by atoms with Gasteiger partial charge in [0.15, 0.2) is 0 Å². The van der Waals surface area contributed by atoms with Crippen LogP contribution in [0.4, 0.5) is 0 Å². The topological polar surface area (TPSA) is 34.1 Å². The largest absolute Gasteiger partial charge is 0.375 e. The van der Waals surface area contributed by atoms with Crippen molar-refractivity contribution in [1.82, 2.24) is 10.3 Å². The summed E-state index contributed by atoms with van der Waals surface area (Å²) in [5.41, 5.74) is 2.20. The van der Waals surface area contributed by atoms with Crippen LogP contribution in [0.3, 0.4) is 0 Å². The molecule has 0 aliphatic carbocycles. The molecule has 0 aromatic carbocycles. The van der Waals surface area contributed by atoms with E-state index in [1.54, 1.807) is 0 Å². The number of rotatable bonds is 7. The molecule has 0 bridgehead atoms. The van der Waals surface area contributed by atoms with Gasteiger partial charge in [-0.3, -0.25) is 4.98 Å². The highest BCUT2D eigenvalue weighted by Crippen LogP contribution is 2.05. The van der Waals surface area contributed by atoms with Crippen LogP contribution in [-0.4, -0.2) is 17.1 Å². The molecule has 1 N–H and O–H groups in total. The molecular weight excluding hydrogens is 224 g/mol. The number of hydrogen-bond acceptors (Lipinski definition) is 3. The number of unbranched alkanes of at least 4 members (excludes halogenated alkanes) is 1. The van der Waals surface area contributed by atoms with Gasteiger partial charge in [-0.25, -0.2) is 0 Å². The first-order valence-electron chi connectivity index (χ1n) is 6.79. The lowest BCUT2D eigenvalue weighted by molar-refractivity contribution is 0.115. The quantitative estimate of drug-likeness (QED) is 0.754. The van der Waals surface area contributed by atoms with Crippen molar-refractivity contribution in [3.63, 3.8) is 0 Å². The Hall–Kier alpha value is -0.930.